The summed E-state index contributed by atoms with van der Waals surface area (Å²) < 4.78 is 23.9. The minimum atomic E-state index is -0.565. The van der Waals surface area contributed by atoms with Crippen LogP contribution in [0.25, 0.3) is 0 Å². The number of halogens is 2. The molecule has 0 aromatic heterocycles. The van der Waals surface area contributed by atoms with Gasteiger partial charge in [0, 0.05) is 11.8 Å². The third-order valence-electron chi connectivity index (χ3n) is 2.93. The Kier molecular flexibility index (Phi) is 5.99. The number of anilines is 1. The van der Waals surface area contributed by atoms with Gasteiger partial charge in [0.25, 0.3) is 5.91 Å². The second-order valence-corrected chi connectivity index (χ2v) is 5.08. The minimum Gasteiger partial charge on any atom is -0.490 e. The number of rotatable bonds is 6. The van der Waals surface area contributed by atoms with Gasteiger partial charge in [-0.15, -0.1) is 0 Å². The summed E-state index contributed by atoms with van der Waals surface area (Å²) in [6.45, 7) is 1.92. The molecule has 0 bridgehead atoms. The fraction of sp³-hybridized carbons (Fsp3) is 0.176. The third kappa shape index (κ3) is 4.61. The molecule has 5 nitrogen and oxygen atoms in total. The summed E-state index contributed by atoms with van der Waals surface area (Å²) >= 11 is 5.65. The van der Waals surface area contributed by atoms with Crippen LogP contribution in [0.3, 0.4) is 0 Å². The summed E-state index contributed by atoms with van der Waals surface area (Å²) in [5.41, 5.74) is 0.788. The molecule has 0 heterocycles. The molecule has 0 atom stereocenters. The van der Waals surface area contributed by atoms with Crippen molar-refractivity contribution in [2.24, 2.45) is 0 Å². The largest absolute Gasteiger partial charge is 0.490 e. The van der Waals surface area contributed by atoms with E-state index in [1.54, 1.807) is 19.1 Å². The highest BCUT2D eigenvalue weighted by atomic mass is 35.5. The number of nitrogens with one attached hydrogen (secondary N) is 1. The summed E-state index contributed by atoms with van der Waals surface area (Å²) in [5.74, 6) is -0.272. The molecule has 2 rings (SSSR count). The Balaban J connectivity index is 2.00. The van der Waals surface area contributed by atoms with E-state index >= 15 is 0 Å². The summed E-state index contributed by atoms with van der Waals surface area (Å²) in [5, 5.41) is 11.4. The van der Waals surface area contributed by atoms with Gasteiger partial charge >= 0.3 is 0 Å². The van der Waals surface area contributed by atoms with E-state index < -0.39 is 11.7 Å². The van der Waals surface area contributed by atoms with Crippen LogP contribution >= 0.6 is 11.6 Å². The standard InChI is InChI=1S/C17H14ClFN2O3/c1-2-23-16-7-11(9-20)3-6-15(16)24-10-17(22)21-12-4-5-14(19)13(18)8-12/h3-8H,2,10H2,1H3,(H,21,22). The molecule has 124 valence electrons. The molecule has 0 aliphatic rings. The quantitative estimate of drug-likeness (QED) is 0.862. The highest BCUT2D eigenvalue weighted by Gasteiger charge is 2.10. The molecular weight excluding hydrogens is 335 g/mol. The molecule has 0 saturated heterocycles. The van der Waals surface area contributed by atoms with E-state index in [0.717, 1.165) is 6.07 Å². The van der Waals surface area contributed by atoms with Gasteiger partial charge in [0.05, 0.1) is 23.3 Å². The first-order chi connectivity index (χ1) is 11.5. The van der Waals surface area contributed by atoms with Gasteiger partial charge in [-0.05, 0) is 37.3 Å². The fourth-order valence-electron chi connectivity index (χ4n) is 1.88. The Labute approximate surface area is 143 Å². The van der Waals surface area contributed by atoms with Crippen LogP contribution in [0, 0.1) is 17.1 Å². The normalized spacial score (nSPS) is 9.92. The zero-order valence-electron chi connectivity index (χ0n) is 12.8. The second-order valence-electron chi connectivity index (χ2n) is 4.67. The minimum absolute atomic E-state index is 0.0838. The van der Waals surface area contributed by atoms with E-state index in [1.165, 1.54) is 18.2 Å². The average Bonchev–Trinajstić information content (AvgIpc) is 2.57. The van der Waals surface area contributed by atoms with Crippen LogP contribution < -0.4 is 14.8 Å². The van der Waals surface area contributed by atoms with E-state index in [0.29, 0.717) is 29.4 Å². The number of hydrogen-bond donors (Lipinski definition) is 1. The number of carbonyl (C=O) groups excluding carboxylic acids is 1. The molecule has 0 unspecified atom stereocenters. The van der Waals surface area contributed by atoms with Crippen LogP contribution in [0.1, 0.15) is 12.5 Å². The van der Waals surface area contributed by atoms with Crippen LogP contribution in [0.2, 0.25) is 5.02 Å². The summed E-state index contributed by atoms with van der Waals surface area (Å²) in [7, 11) is 0. The molecule has 24 heavy (non-hydrogen) atoms. The SMILES string of the molecule is CCOc1cc(C#N)ccc1OCC(=O)Nc1ccc(F)c(Cl)c1. The van der Waals surface area contributed by atoms with Crippen molar-refractivity contribution < 1.29 is 18.7 Å². The molecular formula is C17H14ClFN2O3. The number of hydrogen-bond acceptors (Lipinski definition) is 4. The average molecular weight is 349 g/mol. The van der Waals surface area contributed by atoms with Crippen molar-refractivity contribution in [3.8, 4) is 17.6 Å². The molecule has 2 aromatic rings. The summed E-state index contributed by atoms with van der Waals surface area (Å²) in [6.07, 6.45) is 0. The topological polar surface area (TPSA) is 71.3 Å². The maximum absolute atomic E-state index is 13.1. The molecule has 0 spiro atoms. The van der Waals surface area contributed by atoms with Crippen LogP contribution in [0.5, 0.6) is 11.5 Å². The monoisotopic (exact) mass is 348 g/mol. The van der Waals surface area contributed by atoms with Crippen molar-refractivity contribution in [1.29, 1.82) is 5.26 Å². The van der Waals surface area contributed by atoms with Gasteiger partial charge in [0.1, 0.15) is 5.82 Å². The van der Waals surface area contributed by atoms with Crippen molar-refractivity contribution in [1.82, 2.24) is 0 Å². The Bertz CT molecular complexity index is 790. The first-order valence-corrected chi connectivity index (χ1v) is 7.46. The molecule has 0 fully saturated rings. The lowest BCUT2D eigenvalue weighted by Crippen LogP contribution is -2.20. The number of benzene rings is 2. The first kappa shape index (κ1) is 17.6. The smallest absolute Gasteiger partial charge is 0.262 e. The van der Waals surface area contributed by atoms with E-state index in [-0.39, 0.29) is 11.6 Å². The Morgan fingerprint density at radius 2 is 2.04 bits per heavy atom. The third-order valence-corrected chi connectivity index (χ3v) is 3.22. The van der Waals surface area contributed by atoms with Crippen LogP contribution in [-0.4, -0.2) is 19.1 Å². The molecule has 7 heteroatoms. The highest BCUT2D eigenvalue weighted by Crippen LogP contribution is 2.28. The van der Waals surface area contributed by atoms with Gasteiger partial charge < -0.3 is 14.8 Å². The van der Waals surface area contributed by atoms with E-state index in [4.69, 9.17) is 26.3 Å². The Morgan fingerprint density at radius 1 is 1.25 bits per heavy atom. The van der Waals surface area contributed by atoms with Gasteiger partial charge in [-0.1, -0.05) is 11.6 Å². The first-order valence-electron chi connectivity index (χ1n) is 7.08. The van der Waals surface area contributed by atoms with Gasteiger partial charge in [0.15, 0.2) is 18.1 Å². The number of nitriles is 1. The fourth-order valence-corrected chi connectivity index (χ4v) is 2.06. The Hall–Kier alpha value is -2.78. The van der Waals surface area contributed by atoms with E-state index in [9.17, 15) is 9.18 Å². The van der Waals surface area contributed by atoms with Crippen LogP contribution in [0.4, 0.5) is 10.1 Å². The number of amides is 1. The lowest BCUT2D eigenvalue weighted by molar-refractivity contribution is -0.118. The van der Waals surface area contributed by atoms with Gasteiger partial charge in [-0.25, -0.2) is 4.39 Å². The number of ether oxygens (including phenoxy) is 2. The molecule has 1 amide bonds. The second kappa shape index (κ2) is 8.18. The lowest BCUT2D eigenvalue weighted by atomic mass is 10.2. The van der Waals surface area contributed by atoms with Gasteiger partial charge in [-0.2, -0.15) is 5.26 Å². The highest BCUT2D eigenvalue weighted by molar-refractivity contribution is 6.31. The van der Waals surface area contributed by atoms with Crippen molar-refractivity contribution in [3.05, 3.63) is 52.8 Å². The van der Waals surface area contributed by atoms with Crippen molar-refractivity contribution >= 4 is 23.2 Å². The maximum atomic E-state index is 13.1. The zero-order valence-corrected chi connectivity index (χ0v) is 13.6. The number of carbonyl (C=O) groups is 1. The molecule has 0 radical (unpaired) electrons. The van der Waals surface area contributed by atoms with Crippen LogP contribution in [0.15, 0.2) is 36.4 Å². The molecule has 0 aliphatic carbocycles. The van der Waals surface area contributed by atoms with E-state index in [2.05, 4.69) is 5.32 Å². The Morgan fingerprint density at radius 3 is 2.71 bits per heavy atom. The molecule has 0 aliphatic heterocycles. The summed E-state index contributed by atoms with van der Waals surface area (Å²) in [6, 6.07) is 10.5. The molecule has 1 N–H and O–H groups in total. The number of nitrogens with zero attached hydrogens (tertiary/aromatic N) is 1. The van der Waals surface area contributed by atoms with Crippen molar-refractivity contribution in [2.75, 3.05) is 18.5 Å². The maximum Gasteiger partial charge on any atom is 0.262 e. The molecule has 2 aromatic carbocycles. The van der Waals surface area contributed by atoms with Gasteiger partial charge in [-0.3, -0.25) is 4.79 Å². The van der Waals surface area contributed by atoms with E-state index in [1.807, 2.05) is 6.07 Å². The predicted octanol–water partition coefficient (Wildman–Crippen LogP) is 3.77. The molecule has 0 saturated carbocycles. The van der Waals surface area contributed by atoms with Crippen LogP contribution in [-0.2, 0) is 4.79 Å². The predicted molar refractivity (Wildman–Crippen MR) is 87.9 cm³/mol. The lowest BCUT2D eigenvalue weighted by Gasteiger charge is -2.12. The van der Waals surface area contributed by atoms with Gasteiger partial charge in [0.2, 0.25) is 0 Å². The van der Waals surface area contributed by atoms with Crippen molar-refractivity contribution in [3.63, 3.8) is 0 Å². The summed E-state index contributed by atoms with van der Waals surface area (Å²) in [4.78, 5) is 11.9. The van der Waals surface area contributed by atoms with Crippen molar-refractivity contribution in [2.45, 2.75) is 6.92 Å². The zero-order chi connectivity index (χ0) is 17.5.